The number of anilines is 3. The first-order chi connectivity index (χ1) is 20.1. The van der Waals surface area contributed by atoms with Gasteiger partial charge in [-0.15, -0.1) is 0 Å². The molecule has 3 aliphatic rings. The summed E-state index contributed by atoms with van der Waals surface area (Å²) in [5.74, 6) is 1.06. The maximum Gasteiger partial charge on any atom is 0.340 e. The first-order valence-corrected chi connectivity index (χ1v) is 14.4. The molecule has 0 amide bonds. The van der Waals surface area contributed by atoms with Crippen molar-refractivity contribution in [2.45, 2.75) is 32.3 Å². The lowest BCUT2D eigenvalue weighted by atomic mass is 9.77. The van der Waals surface area contributed by atoms with E-state index in [4.69, 9.17) is 9.47 Å². The lowest BCUT2D eigenvalue weighted by molar-refractivity contribution is 0.0224. The van der Waals surface area contributed by atoms with E-state index in [1.54, 1.807) is 0 Å². The van der Waals surface area contributed by atoms with Crippen LogP contribution < -0.4 is 14.5 Å². The molecule has 0 bridgehead atoms. The number of ether oxygens (including phenoxy) is 2. The normalized spacial score (nSPS) is 18.1. The molecule has 204 valence electrons. The van der Waals surface area contributed by atoms with Crippen LogP contribution in [0.4, 0.5) is 17.1 Å². The summed E-state index contributed by atoms with van der Waals surface area (Å²) in [5.41, 5.74) is 6.35. The van der Waals surface area contributed by atoms with Gasteiger partial charge in [0.25, 0.3) is 0 Å². The number of fused-ring (bicyclic) bond motifs is 6. The van der Waals surface area contributed by atoms with Crippen LogP contribution in [0.1, 0.15) is 53.7 Å². The van der Waals surface area contributed by atoms with Crippen molar-refractivity contribution in [3.05, 3.63) is 137 Å². The van der Waals surface area contributed by atoms with Crippen LogP contribution in [0, 0.1) is 0 Å². The molecular weight excluding hydrogens is 508 g/mol. The summed E-state index contributed by atoms with van der Waals surface area (Å²) in [6.45, 7) is 5.91. The SMILES string of the molecule is CCN(C1=CCCC=C1)c1ccc2c(c1)Oc1cc(N(CC)c3ccccc3)ccc1C21OC(=O)c2ccccc21. The molecule has 0 N–H and O–H groups in total. The van der Waals surface area contributed by atoms with E-state index in [2.05, 4.69) is 90.4 Å². The number of benzene rings is 4. The molecule has 0 saturated carbocycles. The second-order valence-electron chi connectivity index (χ2n) is 10.5. The van der Waals surface area contributed by atoms with Gasteiger partial charge in [-0.05, 0) is 75.2 Å². The summed E-state index contributed by atoms with van der Waals surface area (Å²) in [6.07, 6.45) is 8.80. The molecule has 0 aromatic heterocycles. The standard InChI is InChI=1S/C36H32N2O3/c1-3-37(25-13-7-5-8-14-25)27-19-21-31-33(23-27)40-34-24-28(38(4-2)26-15-9-6-10-16-26)20-22-32(34)36(31)30-18-12-11-17-29(30)35(39)41-36/h5,7-9,11-24H,3-4,6,10H2,1-2H3. The van der Waals surface area contributed by atoms with Gasteiger partial charge in [0.15, 0.2) is 5.60 Å². The van der Waals surface area contributed by atoms with Gasteiger partial charge in [0.05, 0.1) is 5.56 Å². The van der Waals surface area contributed by atoms with Gasteiger partial charge in [-0.2, -0.15) is 0 Å². The van der Waals surface area contributed by atoms with Crippen LogP contribution in [0.5, 0.6) is 11.5 Å². The van der Waals surface area contributed by atoms with Crippen molar-refractivity contribution in [2.75, 3.05) is 22.9 Å². The highest BCUT2D eigenvalue weighted by molar-refractivity contribution is 5.97. The molecule has 0 radical (unpaired) electrons. The van der Waals surface area contributed by atoms with Gasteiger partial charge in [-0.1, -0.05) is 48.6 Å². The number of hydrogen-bond donors (Lipinski definition) is 0. The van der Waals surface area contributed by atoms with Crippen LogP contribution in [0.3, 0.4) is 0 Å². The maximum atomic E-state index is 13.3. The molecule has 5 nitrogen and oxygen atoms in total. The van der Waals surface area contributed by atoms with Gasteiger partial charge < -0.3 is 19.3 Å². The average molecular weight is 541 g/mol. The van der Waals surface area contributed by atoms with E-state index in [9.17, 15) is 4.79 Å². The molecule has 4 aromatic rings. The van der Waals surface area contributed by atoms with Crippen LogP contribution in [-0.2, 0) is 10.3 Å². The summed E-state index contributed by atoms with van der Waals surface area (Å²) in [4.78, 5) is 17.8. The fourth-order valence-electron chi connectivity index (χ4n) is 6.43. The smallest absolute Gasteiger partial charge is 0.340 e. The summed E-state index contributed by atoms with van der Waals surface area (Å²) in [5, 5.41) is 0. The van der Waals surface area contributed by atoms with Crippen molar-refractivity contribution in [2.24, 2.45) is 0 Å². The number of para-hydroxylation sites is 1. The minimum Gasteiger partial charge on any atom is -0.456 e. The molecule has 1 aliphatic carbocycles. The Hall–Kier alpha value is -4.77. The van der Waals surface area contributed by atoms with Gasteiger partial charge >= 0.3 is 5.97 Å². The molecule has 2 aliphatic heterocycles. The molecule has 41 heavy (non-hydrogen) atoms. The van der Waals surface area contributed by atoms with E-state index in [0.717, 1.165) is 59.7 Å². The molecule has 4 aromatic carbocycles. The Morgan fingerprint density at radius 3 is 2.02 bits per heavy atom. The van der Waals surface area contributed by atoms with Gasteiger partial charge in [0.1, 0.15) is 11.5 Å². The first kappa shape index (κ1) is 25.2. The van der Waals surface area contributed by atoms with E-state index < -0.39 is 5.60 Å². The summed E-state index contributed by atoms with van der Waals surface area (Å²) in [6, 6.07) is 30.5. The molecule has 5 heteroatoms. The Kier molecular flexibility index (Phi) is 6.15. The highest BCUT2D eigenvalue weighted by Crippen LogP contribution is 2.57. The molecule has 7 rings (SSSR count). The van der Waals surface area contributed by atoms with Crippen molar-refractivity contribution in [1.82, 2.24) is 0 Å². The van der Waals surface area contributed by atoms with Crippen molar-refractivity contribution >= 4 is 23.0 Å². The second-order valence-corrected chi connectivity index (χ2v) is 10.5. The third kappa shape index (κ3) is 3.95. The molecule has 2 heterocycles. The Labute approximate surface area is 240 Å². The number of hydrogen-bond acceptors (Lipinski definition) is 5. The number of carbonyl (C=O) groups excluding carboxylic acids is 1. The second kappa shape index (κ2) is 10.0. The van der Waals surface area contributed by atoms with E-state index in [-0.39, 0.29) is 5.97 Å². The van der Waals surface area contributed by atoms with Crippen LogP contribution in [-0.4, -0.2) is 19.1 Å². The summed E-state index contributed by atoms with van der Waals surface area (Å²) >= 11 is 0. The zero-order valence-corrected chi connectivity index (χ0v) is 23.3. The first-order valence-electron chi connectivity index (χ1n) is 14.4. The van der Waals surface area contributed by atoms with Crippen LogP contribution in [0.25, 0.3) is 0 Å². The molecule has 0 fully saturated rings. The number of allylic oxidation sites excluding steroid dienone is 3. The van der Waals surface area contributed by atoms with Crippen LogP contribution >= 0.6 is 0 Å². The van der Waals surface area contributed by atoms with Gasteiger partial charge in [0.2, 0.25) is 0 Å². The Morgan fingerprint density at radius 1 is 0.707 bits per heavy atom. The topological polar surface area (TPSA) is 42.0 Å². The summed E-state index contributed by atoms with van der Waals surface area (Å²) < 4.78 is 13.1. The molecule has 1 spiro atoms. The van der Waals surface area contributed by atoms with E-state index in [1.165, 1.54) is 5.70 Å². The minimum atomic E-state index is -1.08. The molecule has 1 atom stereocenters. The number of rotatable bonds is 6. The fourth-order valence-corrected chi connectivity index (χ4v) is 6.43. The predicted molar refractivity (Wildman–Crippen MR) is 163 cm³/mol. The minimum absolute atomic E-state index is 0.320. The third-order valence-electron chi connectivity index (χ3n) is 8.29. The highest BCUT2D eigenvalue weighted by Gasteiger charge is 2.53. The van der Waals surface area contributed by atoms with Crippen LogP contribution in [0.2, 0.25) is 0 Å². The third-order valence-corrected chi connectivity index (χ3v) is 8.29. The number of esters is 1. The fraction of sp³-hybridized carbons (Fsp3) is 0.194. The van der Waals surface area contributed by atoms with Gasteiger partial charge in [-0.25, -0.2) is 4.79 Å². The Morgan fingerprint density at radius 2 is 1.37 bits per heavy atom. The number of nitrogens with zero attached hydrogens (tertiary/aromatic N) is 2. The predicted octanol–water partition coefficient (Wildman–Crippen LogP) is 8.47. The quantitative estimate of drug-likeness (QED) is 0.230. The zero-order valence-electron chi connectivity index (χ0n) is 23.3. The molecule has 1 unspecified atom stereocenters. The van der Waals surface area contributed by atoms with Gasteiger partial charge in [-0.3, -0.25) is 0 Å². The maximum absolute atomic E-state index is 13.3. The Balaban J connectivity index is 1.41. The van der Waals surface area contributed by atoms with Crippen LogP contribution in [0.15, 0.2) is 115 Å². The lowest BCUT2D eigenvalue weighted by Gasteiger charge is -2.38. The summed E-state index contributed by atoms with van der Waals surface area (Å²) in [7, 11) is 0. The van der Waals surface area contributed by atoms with Crippen molar-refractivity contribution < 1.29 is 14.3 Å². The highest BCUT2D eigenvalue weighted by atomic mass is 16.6. The lowest BCUT2D eigenvalue weighted by Crippen LogP contribution is -2.33. The van der Waals surface area contributed by atoms with E-state index >= 15 is 0 Å². The van der Waals surface area contributed by atoms with Crippen molar-refractivity contribution in [3.8, 4) is 11.5 Å². The largest absolute Gasteiger partial charge is 0.456 e. The van der Waals surface area contributed by atoms with E-state index in [0.29, 0.717) is 17.1 Å². The van der Waals surface area contributed by atoms with E-state index in [1.807, 2.05) is 42.5 Å². The van der Waals surface area contributed by atoms with Gasteiger partial charge in [0, 0.05) is 64.7 Å². The number of likely N-dealkylation sites (N-methyl/N-ethyl adjacent to an activating group) is 1. The zero-order chi connectivity index (χ0) is 28.0. The van der Waals surface area contributed by atoms with Crippen molar-refractivity contribution in [1.29, 1.82) is 0 Å². The molecule has 0 saturated heterocycles. The number of carbonyl (C=O) groups is 1. The average Bonchev–Trinajstić information content (AvgIpc) is 3.31. The molecular formula is C36H32N2O3. The Bertz CT molecular complexity index is 1710. The van der Waals surface area contributed by atoms with Crippen molar-refractivity contribution in [3.63, 3.8) is 0 Å². The monoisotopic (exact) mass is 540 g/mol.